The number of aromatic amines is 2. The van der Waals surface area contributed by atoms with Crippen molar-refractivity contribution in [2.45, 2.75) is 90.4 Å². The summed E-state index contributed by atoms with van der Waals surface area (Å²) >= 11 is 0. The van der Waals surface area contributed by atoms with E-state index in [4.69, 9.17) is 4.74 Å². The topological polar surface area (TPSA) is 178 Å². The van der Waals surface area contributed by atoms with Gasteiger partial charge in [-0.2, -0.15) is 0 Å². The molecule has 2 aliphatic rings. The molecular formula is C38H53F2N9O6. The van der Waals surface area contributed by atoms with E-state index in [1.165, 1.54) is 37.4 Å². The molecule has 4 amide bonds. The molecule has 0 radical (unpaired) electrons. The van der Waals surface area contributed by atoms with Gasteiger partial charge in [0.25, 0.3) is 0 Å². The Morgan fingerprint density at radius 1 is 0.855 bits per heavy atom. The van der Waals surface area contributed by atoms with Gasteiger partial charge in [0, 0.05) is 50.1 Å². The van der Waals surface area contributed by atoms with Crippen LogP contribution < -0.4 is 15.5 Å². The van der Waals surface area contributed by atoms with E-state index < -0.39 is 41.9 Å². The van der Waals surface area contributed by atoms with Crippen LogP contribution in [0.15, 0.2) is 24.5 Å². The van der Waals surface area contributed by atoms with E-state index in [9.17, 15) is 19.2 Å². The van der Waals surface area contributed by atoms with Crippen LogP contribution in [-0.4, -0.2) is 107 Å². The van der Waals surface area contributed by atoms with Crippen LogP contribution in [0.5, 0.6) is 0 Å². The Morgan fingerprint density at radius 3 is 2.04 bits per heavy atom. The van der Waals surface area contributed by atoms with Crippen molar-refractivity contribution < 1.29 is 37.4 Å². The van der Waals surface area contributed by atoms with E-state index in [2.05, 4.69) is 35.3 Å². The molecule has 0 aliphatic carbocycles. The van der Waals surface area contributed by atoms with Crippen molar-refractivity contribution in [3.05, 3.63) is 53.5 Å². The van der Waals surface area contributed by atoms with Crippen LogP contribution in [0.4, 0.5) is 24.1 Å². The molecule has 0 saturated carbocycles. The molecule has 1 aromatic carbocycles. The molecule has 2 aromatic heterocycles. The number of rotatable bonds is 12. The highest BCUT2D eigenvalue weighted by atomic mass is 19.1. The van der Waals surface area contributed by atoms with Crippen molar-refractivity contribution >= 4 is 29.7 Å². The normalized spacial score (nSPS) is 17.9. The molecule has 3 aromatic rings. The first-order valence-electron chi connectivity index (χ1n) is 18.7. The minimum absolute atomic E-state index is 0.0676. The monoisotopic (exact) mass is 769 g/mol. The number of hydrogen-bond donors (Lipinski definition) is 4. The van der Waals surface area contributed by atoms with Crippen molar-refractivity contribution in [3.63, 3.8) is 0 Å². The lowest BCUT2D eigenvalue weighted by Gasteiger charge is -2.33. The zero-order valence-electron chi connectivity index (χ0n) is 32.7. The standard InChI is InChI=1S/C38H53F2N9O6/c1-20(2)30(45-37(52)54-7)35(50)47(6)22(5)33-41-18-27(43-33)23-11-14-48(15-12-23)32-25(39)16-24(17-26(32)40)28-19-42-34(44-28)29-10-9-13-49(29)36(51)31(21(3)4)46-38(53)55-8/h16-23,29-31H,9-15H2,1-8H3,(H,41,43)(H,42,44)(H,45,52)(H,46,53)/t22-,29-,30-,31-/m0/s1. The molecule has 0 bridgehead atoms. The number of H-pyrrole nitrogens is 2. The minimum atomic E-state index is -0.782. The molecule has 5 rings (SSSR count). The van der Waals surface area contributed by atoms with Crippen LogP contribution in [-0.2, 0) is 19.1 Å². The highest BCUT2D eigenvalue weighted by Gasteiger charge is 2.38. The van der Waals surface area contributed by atoms with Crippen molar-refractivity contribution in [1.82, 2.24) is 40.4 Å². The summed E-state index contributed by atoms with van der Waals surface area (Å²) in [6.07, 6.45) is 4.51. The number of piperidine rings is 1. The van der Waals surface area contributed by atoms with Crippen LogP contribution in [0.25, 0.3) is 11.3 Å². The number of imidazole rings is 2. The molecule has 55 heavy (non-hydrogen) atoms. The molecule has 0 spiro atoms. The number of hydrogen-bond acceptors (Lipinski definition) is 9. The Bertz CT molecular complexity index is 1820. The zero-order chi connectivity index (χ0) is 40.1. The van der Waals surface area contributed by atoms with Gasteiger partial charge in [0.05, 0.1) is 38.2 Å². The second-order valence-corrected chi connectivity index (χ2v) is 15.0. The van der Waals surface area contributed by atoms with E-state index in [-0.39, 0.29) is 41.3 Å². The molecule has 300 valence electrons. The number of halogens is 2. The number of likely N-dealkylation sites (tertiary alicyclic amines) is 1. The Kier molecular flexibility index (Phi) is 13.0. The smallest absolute Gasteiger partial charge is 0.407 e. The van der Waals surface area contributed by atoms with Crippen LogP contribution in [0.1, 0.15) is 95.6 Å². The number of carbonyl (C=O) groups excluding carboxylic acids is 4. The largest absolute Gasteiger partial charge is 0.453 e. The van der Waals surface area contributed by atoms with Gasteiger partial charge in [-0.05, 0) is 56.6 Å². The number of nitrogens with zero attached hydrogens (tertiary/aromatic N) is 5. The Hall–Kier alpha value is -5.22. The number of ether oxygens (including phenoxy) is 2. The number of amides is 4. The average molecular weight is 770 g/mol. The van der Waals surface area contributed by atoms with Gasteiger partial charge in [-0.1, -0.05) is 27.7 Å². The predicted molar refractivity (Wildman–Crippen MR) is 200 cm³/mol. The maximum absolute atomic E-state index is 15.7. The summed E-state index contributed by atoms with van der Waals surface area (Å²) in [5.41, 5.74) is 1.50. The average Bonchev–Trinajstić information content (AvgIpc) is 3.96. The van der Waals surface area contributed by atoms with Gasteiger partial charge in [-0.15, -0.1) is 0 Å². The molecule has 0 unspecified atom stereocenters. The van der Waals surface area contributed by atoms with E-state index in [0.717, 1.165) is 12.1 Å². The van der Waals surface area contributed by atoms with E-state index >= 15 is 8.78 Å². The molecule has 4 atom stereocenters. The molecule has 4 heterocycles. The van der Waals surface area contributed by atoms with Gasteiger partial charge < -0.3 is 44.8 Å². The fraction of sp³-hybridized carbons (Fsp3) is 0.579. The van der Waals surface area contributed by atoms with Crippen molar-refractivity contribution in [2.24, 2.45) is 11.8 Å². The van der Waals surface area contributed by atoms with Crippen molar-refractivity contribution in [1.29, 1.82) is 0 Å². The van der Waals surface area contributed by atoms with E-state index in [0.29, 0.717) is 61.8 Å². The summed E-state index contributed by atoms with van der Waals surface area (Å²) < 4.78 is 40.8. The predicted octanol–water partition coefficient (Wildman–Crippen LogP) is 5.41. The van der Waals surface area contributed by atoms with Crippen molar-refractivity contribution in [2.75, 3.05) is 45.8 Å². The summed E-state index contributed by atoms with van der Waals surface area (Å²) in [6, 6.07) is 0.227. The third kappa shape index (κ3) is 9.02. The van der Waals surface area contributed by atoms with Gasteiger partial charge >= 0.3 is 12.2 Å². The summed E-state index contributed by atoms with van der Waals surface area (Å²) in [5.74, 6) is -1.11. The third-order valence-corrected chi connectivity index (χ3v) is 10.7. The Morgan fingerprint density at radius 2 is 1.45 bits per heavy atom. The van der Waals surface area contributed by atoms with Gasteiger partial charge in [0.15, 0.2) is 0 Å². The zero-order valence-corrected chi connectivity index (χ0v) is 32.7. The van der Waals surface area contributed by atoms with E-state index in [1.54, 1.807) is 23.0 Å². The third-order valence-electron chi connectivity index (χ3n) is 10.7. The molecule has 2 fully saturated rings. The van der Waals surface area contributed by atoms with E-state index in [1.807, 2.05) is 34.6 Å². The number of anilines is 1. The van der Waals surface area contributed by atoms with Gasteiger partial charge in [-0.3, -0.25) is 9.59 Å². The summed E-state index contributed by atoms with van der Waals surface area (Å²) in [4.78, 5) is 71.0. The van der Waals surface area contributed by atoms with Crippen LogP contribution >= 0.6 is 0 Å². The first kappa shape index (κ1) is 41.0. The second kappa shape index (κ2) is 17.5. The molecule has 15 nitrogen and oxygen atoms in total. The number of likely N-dealkylation sites (N-methyl/N-ethyl adjacent to an activating group) is 1. The minimum Gasteiger partial charge on any atom is -0.453 e. The first-order chi connectivity index (χ1) is 26.1. The van der Waals surface area contributed by atoms with Crippen LogP contribution in [0.3, 0.4) is 0 Å². The number of alkyl carbamates (subject to hydrolysis) is 2. The summed E-state index contributed by atoms with van der Waals surface area (Å²) in [6.45, 7) is 10.5. The number of nitrogens with one attached hydrogen (secondary N) is 4. The summed E-state index contributed by atoms with van der Waals surface area (Å²) in [7, 11) is 4.14. The molecule has 2 saturated heterocycles. The number of carbonyl (C=O) groups is 4. The quantitative estimate of drug-likeness (QED) is 0.188. The second-order valence-electron chi connectivity index (χ2n) is 15.0. The molecule has 2 aliphatic heterocycles. The van der Waals surface area contributed by atoms with Crippen molar-refractivity contribution in [3.8, 4) is 11.3 Å². The lowest BCUT2D eigenvalue weighted by Crippen LogP contribution is -2.51. The fourth-order valence-electron chi connectivity index (χ4n) is 7.35. The number of benzene rings is 1. The van der Waals surface area contributed by atoms with Gasteiger partial charge in [-0.25, -0.2) is 28.3 Å². The number of methoxy groups -OCH3 is 2. The molecule has 4 N–H and O–H groups in total. The highest BCUT2D eigenvalue weighted by Crippen LogP contribution is 2.36. The van der Waals surface area contributed by atoms with Gasteiger partial charge in [0.1, 0.15) is 41.1 Å². The maximum Gasteiger partial charge on any atom is 0.407 e. The lowest BCUT2D eigenvalue weighted by atomic mass is 9.93. The lowest BCUT2D eigenvalue weighted by molar-refractivity contribution is -0.136. The van der Waals surface area contributed by atoms with Gasteiger partial charge in [0.2, 0.25) is 11.8 Å². The first-order valence-corrected chi connectivity index (χ1v) is 18.7. The Balaban J connectivity index is 1.22. The summed E-state index contributed by atoms with van der Waals surface area (Å²) in [5, 5.41) is 5.23. The maximum atomic E-state index is 15.7. The number of aromatic nitrogens is 4. The SMILES string of the molecule is COC(=O)N[C@H](C(=O)N(C)[C@@H](C)c1ncc(C2CCN(c3c(F)cc(-c4cnc([C@@H]5CCCN5C(=O)[C@@H](NC(=O)OC)C(C)C)[nH]4)cc3F)CC2)[nH]1)C(C)C. The molecular weight excluding hydrogens is 716 g/mol. The highest BCUT2D eigenvalue weighted by molar-refractivity contribution is 5.87. The van der Waals surface area contributed by atoms with Crippen LogP contribution in [0.2, 0.25) is 0 Å². The Labute approximate surface area is 319 Å². The van der Waals surface area contributed by atoms with Crippen LogP contribution in [0, 0.1) is 23.5 Å². The molecule has 17 heteroatoms. The fourth-order valence-corrected chi connectivity index (χ4v) is 7.35.